The van der Waals surface area contributed by atoms with Gasteiger partial charge >= 0.3 is 0 Å². The van der Waals surface area contributed by atoms with Crippen molar-refractivity contribution in [2.75, 3.05) is 0 Å². The van der Waals surface area contributed by atoms with Crippen molar-refractivity contribution in [3.63, 3.8) is 0 Å². The molecule has 0 fully saturated rings. The molecule has 3 heterocycles. The Hall–Kier alpha value is -6.94. The van der Waals surface area contributed by atoms with Crippen molar-refractivity contribution in [3.8, 4) is 16.8 Å². The fraction of sp³-hybridized carbons (Fsp3) is 0.0189. The molecule has 0 aliphatic heterocycles. The summed E-state index contributed by atoms with van der Waals surface area (Å²) in [5.74, 6) is -0.640. The summed E-state index contributed by atoms with van der Waals surface area (Å²) in [4.78, 5) is 0. The number of rotatable bonds is 5. The van der Waals surface area contributed by atoms with Crippen molar-refractivity contribution in [1.29, 1.82) is 0 Å². The molecule has 262 valence electrons. The van der Waals surface area contributed by atoms with Crippen LogP contribution in [0.1, 0.15) is 29.5 Å². The van der Waals surface area contributed by atoms with Crippen LogP contribution in [0.4, 0.5) is 0 Å². The van der Waals surface area contributed by atoms with Gasteiger partial charge in [-0.15, -0.1) is 11.3 Å². The number of nitrogens with zero attached hydrogens (tertiary/aromatic N) is 1. The predicted octanol–water partition coefficient (Wildman–Crippen LogP) is 15.1. The second-order valence-electron chi connectivity index (χ2n) is 14.5. The maximum absolute atomic E-state index is 9.03. The zero-order valence-electron chi connectivity index (χ0n) is 34.9. The topological polar surface area (TPSA) is 18.1 Å². The van der Waals surface area contributed by atoms with E-state index in [9.17, 15) is 0 Å². The summed E-state index contributed by atoms with van der Waals surface area (Å²) < 4.78 is 54.5. The molecule has 0 amide bonds. The van der Waals surface area contributed by atoms with Gasteiger partial charge in [0.15, 0.2) is 0 Å². The lowest BCUT2D eigenvalue weighted by Gasteiger charge is -2.19. The van der Waals surface area contributed by atoms with E-state index in [1.807, 2.05) is 65.9 Å². The van der Waals surface area contributed by atoms with E-state index in [1.54, 1.807) is 0 Å². The molecule has 56 heavy (non-hydrogen) atoms. The molecule has 0 saturated carbocycles. The van der Waals surface area contributed by atoms with E-state index in [1.165, 1.54) is 52.8 Å². The predicted molar refractivity (Wildman–Crippen MR) is 238 cm³/mol. The Kier molecular flexibility index (Phi) is 5.88. The van der Waals surface area contributed by atoms with E-state index in [0.29, 0.717) is 0 Å². The quantitative estimate of drug-likeness (QED) is 0.161. The van der Waals surface area contributed by atoms with Crippen molar-refractivity contribution in [2.24, 2.45) is 0 Å². The lowest BCUT2D eigenvalue weighted by atomic mass is 9.84. The zero-order chi connectivity index (χ0) is 41.1. The van der Waals surface area contributed by atoms with E-state index >= 15 is 0 Å². The third-order valence-electron chi connectivity index (χ3n) is 11.4. The molecule has 1 unspecified atom stereocenters. The van der Waals surface area contributed by atoms with Crippen LogP contribution in [0.25, 0.3) is 91.5 Å². The lowest BCUT2D eigenvalue weighted by molar-refractivity contribution is 0.668. The molecule has 0 saturated heterocycles. The second-order valence-corrected chi connectivity index (χ2v) is 15.6. The molecule has 2 nitrogen and oxygen atoms in total. The van der Waals surface area contributed by atoms with E-state index in [2.05, 4.69) is 114 Å². The summed E-state index contributed by atoms with van der Waals surface area (Å²) in [5.41, 5.74) is 8.94. The molecular weight excluding hydrogens is 699 g/mol. The second kappa shape index (κ2) is 12.3. The molecule has 0 spiro atoms. The normalized spacial score (nSPS) is 13.8. The molecular formula is C53H33NOS. The van der Waals surface area contributed by atoms with E-state index in [0.717, 1.165) is 49.9 Å². The average Bonchev–Trinajstić information content (AvgIpc) is 3.97. The Bertz CT molecular complexity index is 3740. The molecule has 0 radical (unpaired) electrons. The fourth-order valence-electron chi connectivity index (χ4n) is 8.82. The monoisotopic (exact) mass is 736 g/mol. The average molecular weight is 737 g/mol. The first kappa shape index (κ1) is 26.8. The van der Waals surface area contributed by atoms with Crippen LogP contribution in [-0.4, -0.2) is 4.57 Å². The molecule has 0 N–H and O–H groups in total. The van der Waals surface area contributed by atoms with Crippen LogP contribution in [0.5, 0.6) is 0 Å². The van der Waals surface area contributed by atoms with Crippen molar-refractivity contribution in [1.82, 2.24) is 4.57 Å². The highest BCUT2D eigenvalue weighted by molar-refractivity contribution is 7.26. The van der Waals surface area contributed by atoms with Gasteiger partial charge in [-0.3, -0.25) is 0 Å². The van der Waals surface area contributed by atoms with Gasteiger partial charge in [0.25, 0.3) is 0 Å². The molecule has 12 rings (SSSR count). The number of hydrogen-bond acceptors (Lipinski definition) is 2. The largest absolute Gasteiger partial charge is 0.456 e. The molecule has 3 heteroatoms. The van der Waals surface area contributed by atoms with Gasteiger partial charge in [-0.1, -0.05) is 127 Å². The Labute approximate surface area is 334 Å². The van der Waals surface area contributed by atoms with Crippen LogP contribution in [0.15, 0.2) is 198 Å². The van der Waals surface area contributed by atoms with Crippen LogP contribution >= 0.6 is 11.3 Å². The Balaban J connectivity index is 1.02. The standard InChI is InChI=1S/C53H33NOS/c1-3-11-34(12-4-1)52(38-23-26-49-44(31-38)41-16-8-10-18-48(41)55-49)35-21-19-33(20-22-35)36-24-27-50-45(29-36)53-42-32-47-43(30-37(42)25-28-51(53)56-50)40-15-7-9-17-46(40)54(47)39-13-5-2-6-14-39/h1-32,52H/i1D,3D,4D,11D,12D. The summed E-state index contributed by atoms with van der Waals surface area (Å²) in [5, 5.41) is 9.19. The first-order valence-corrected chi connectivity index (χ1v) is 19.6. The minimum atomic E-state index is -0.640. The van der Waals surface area contributed by atoms with Crippen LogP contribution in [-0.2, 0) is 0 Å². The SMILES string of the molecule is [2H]c1c([2H])c([2H])c(C(c2ccc(-c3ccc4sc5ccc6cc7c8ccccc8n(-c8ccccc8)c7cc6c5c4c3)cc2)c2ccc3oc4ccccc4c3c2)c([2H])c1[2H]. The minimum Gasteiger partial charge on any atom is -0.456 e. The van der Waals surface area contributed by atoms with Gasteiger partial charge < -0.3 is 8.98 Å². The first-order valence-electron chi connectivity index (χ1n) is 21.3. The number of fused-ring (bicyclic) bond motifs is 11. The third-order valence-corrected chi connectivity index (χ3v) is 12.5. The van der Waals surface area contributed by atoms with Gasteiger partial charge in [0.05, 0.1) is 17.9 Å². The molecule has 12 aromatic rings. The number of hydrogen-bond donors (Lipinski definition) is 0. The maximum atomic E-state index is 9.03. The highest BCUT2D eigenvalue weighted by atomic mass is 32.1. The van der Waals surface area contributed by atoms with E-state index < -0.39 is 12.0 Å². The van der Waals surface area contributed by atoms with Crippen LogP contribution < -0.4 is 0 Å². The first-order chi connectivity index (χ1) is 29.8. The van der Waals surface area contributed by atoms with Crippen molar-refractivity contribution >= 4 is 86.0 Å². The van der Waals surface area contributed by atoms with Crippen molar-refractivity contribution in [3.05, 3.63) is 211 Å². The summed E-state index contributed by atoms with van der Waals surface area (Å²) in [6.45, 7) is 0. The smallest absolute Gasteiger partial charge is 0.135 e. The van der Waals surface area contributed by atoms with Gasteiger partial charge in [-0.05, 0) is 105 Å². The number of para-hydroxylation sites is 3. The highest BCUT2D eigenvalue weighted by Crippen LogP contribution is 2.44. The summed E-state index contributed by atoms with van der Waals surface area (Å²) >= 11 is 1.81. The molecule has 0 bridgehead atoms. The van der Waals surface area contributed by atoms with E-state index in [-0.39, 0.29) is 29.7 Å². The Morgan fingerprint density at radius 3 is 2.07 bits per heavy atom. The number of aromatic nitrogens is 1. The summed E-state index contributed by atoms with van der Waals surface area (Å²) in [7, 11) is 0. The van der Waals surface area contributed by atoms with Crippen molar-refractivity contribution in [2.45, 2.75) is 5.92 Å². The molecule has 1 atom stereocenters. The Morgan fingerprint density at radius 2 is 1.20 bits per heavy atom. The molecule has 9 aromatic carbocycles. The number of benzene rings is 9. The third kappa shape index (κ3) is 4.81. The zero-order valence-corrected chi connectivity index (χ0v) is 30.7. The van der Waals surface area contributed by atoms with Gasteiger partial charge in [-0.25, -0.2) is 0 Å². The van der Waals surface area contributed by atoms with E-state index in [4.69, 9.17) is 11.3 Å². The van der Waals surface area contributed by atoms with Gasteiger partial charge in [0.1, 0.15) is 11.2 Å². The maximum Gasteiger partial charge on any atom is 0.135 e. The lowest BCUT2D eigenvalue weighted by Crippen LogP contribution is -2.03. The van der Waals surface area contributed by atoms with Gasteiger partial charge in [0.2, 0.25) is 0 Å². The minimum absolute atomic E-state index is 0.208. The molecule has 3 aromatic heterocycles. The molecule has 0 aliphatic carbocycles. The van der Waals surface area contributed by atoms with Gasteiger partial charge in [-0.2, -0.15) is 0 Å². The summed E-state index contributed by atoms with van der Waals surface area (Å²) in [6, 6.07) is 55.6. The Morgan fingerprint density at radius 1 is 0.464 bits per heavy atom. The fourth-order valence-corrected chi connectivity index (χ4v) is 9.92. The number of thiophene rings is 1. The number of furan rings is 1. The van der Waals surface area contributed by atoms with Gasteiger partial charge in [0, 0.05) is 53.3 Å². The molecule has 0 aliphatic rings. The van der Waals surface area contributed by atoms with Crippen molar-refractivity contribution < 1.29 is 11.3 Å². The summed E-state index contributed by atoms with van der Waals surface area (Å²) in [6.07, 6.45) is 0. The van der Waals surface area contributed by atoms with Crippen LogP contribution in [0, 0.1) is 0 Å². The van der Waals surface area contributed by atoms with Crippen LogP contribution in [0.3, 0.4) is 0 Å². The highest BCUT2D eigenvalue weighted by Gasteiger charge is 2.20. The van der Waals surface area contributed by atoms with Crippen LogP contribution in [0.2, 0.25) is 0 Å².